The molecule has 0 atom stereocenters. The molecule has 3 heteroatoms. The van der Waals surface area contributed by atoms with E-state index in [4.69, 9.17) is 12.2 Å². The Kier molecular flexibility index (Phi) is 4.70. The van der Waals surface area contributed by atoms with E-state index < -0.39 is 0 Å². The van der Waals surface area contributed by atoms with Crippen molar-refractivity contribution < 1.29 is 0 Å². The van der Waals surface area contributed by atoms with Gasteiger partial charge in [0.05, 0.1) is 0 Å². The van der Waals surface area contributed by atoms with Crippen molar-refractivity contribution in [1.82, 2.24) is 4.90 Å². The van der Waals surface area contributed by atoms with E-state index in [0.29, 0.717) is 4.32 Å². The molecule has 0 radical (unpaired) electrons. The van der Waals surface area contributed by atoms with Crippen LogP contribution < -0.4 is 0 Å². The molecule has 0 bridgehead atoms. The van der Waals surface area contributed by atoms with E-state index in [1.807, 2.05) is 29.2 Å². The summed E-state index contributed by atoms with van der Waals surface area (Å²) in [6.07, 6.45) is 1.82. The third-order valence-electron chi connectivity index (χ3n) is 1.84. The molecule has 0 amide bonds. The van der Waals surface area contributed by atoms with Crippen LogP contribution in [0.3, 0.4) is 0 Å². The maximum Gasteiger partial charge on any atom is 0.133 e. The first kappa shape index (κ1) is 11.3. The van der Waals surface area contributed by atoms with E-state index in [1.165, 1.54) is 5.56 Å². The third-order valence-corrected chi connectivity index (χ3v) is 2.38. The van der Waals surface area contributed by atoms with Gasteiger partial charge in [0, 0.05) is 13.1 Å². The lowest BCUT2D eigenvalue weighted by Gasteiger charge is -2.20. The first-order valence-electron chi connectivity index (χ1n) is 4.36. The van der Waals surface area contributed by atoms with Crippen LogP contribution in [-0.2, 0) is 6.54 Å². The van der Waals surface area contributed by atoms with E-state index in [-0.39, 0.29) is 0 Å². The highest BCUT2D eigenvalue weighted by molar-refractivity contribution is 8.10. The summed E-state index contributed by atoms with van der Waals surface area (Å²) in [5.41, 5.74) is 1.23. The van der Waals surface area contributed by atoms with Gasteiger partial charge in [-0.05, 0) is 5.56 Å². The van der Waals surface area contributed by atoms with Crippen LogP contribution >= 0.6 is 24.8 Å². The van der Waals surface area contributed by atoms with Crippen LogP contribution in [-0.4, -0.2) is 15.8 Å². The van der Waals surface area contributed by atoms with Crippen molar-refractivity contribution >= 4 is 29.2 Å². The Labute approximate surface area is 95.8 Å². The van der Waals surface area contributed by atoms with Gasteiger partial charge >= 0.3 is 0 Å². The molecule has 0 aliphatic carbocycles. The summed E-state index contributed by atoms with van der Waals surface area (Å²) in [6, 6.07) is 10.2. The summed E-state index contributed by atoms with van der Waals surface area (Å²) in [7, 11) is 0. The van der Waals surface area contributed by atoms with Crippen LogP contribution in [0.1, 0.15) is 5.56 Å². The number of thiocarbonyl (C=S) groups is 1. The van der Waals surface area contributed by atoms with Gasteiger partial charge in [-0.2, -0.15) is 0 Å². The van der Waals surface area contributed by atoms with Crippen LogP contribution in [0.2, 0.25) is 0 Å². The van der Waals surface area contributed by atoms with Crippen molar-refractivity contribution in [3.05, 3.63) is 48.6 Å². The standard InChI is InChI=1S/C11H13NS2/c1-2-8-12(11(13)14)9-10-6-4-3-5-7-10/h2-7H,1,8-9H2,(H,13,14). The van der Waals surface area contributed by atoms with Gasteiger partial charge in [0.2, 0.25) is 0 Å². The zero-order valence-electron chi connectivity index (χ0n) is 7.89. The van der Waals surface area contributed by atoms with Crippen LogP contribution in [0.15, 0.2) is 43.0 Å². The Balaban J connectivity index is 2.64. The molecule has 1 aromatic carbocycles. The van der Waals surface area contributed by atoms with E-state index >= 15 is 0 Å². The van der Waals surface area contributed by atoms with Crippen LogP contribution in [0.5, 0.6) is 0 Å². The molecule has 14 heavy (non-hydrogen) atoms. The minimum Gasteiger partial charge on any atom is -0.350 e. The Bertz CT molecular complexity index is 308. The molecule has 0 saturated carbocycles. The monoisotopic (exact) mass is 223 g/mol. The topological polar surface area (TPSA) is 3.24 Å². The minimum atomic E-state index is 0.605. The Hall–Kier alpha value is -0.800. The van der Waals surface area contributed by atoms with Gasteiger partial charge in [-0.1, -0.05) is 48.6 Å². The van der Waals surface area contributed by atoms with E-state index in [1.54, 1.807) is 0 Å². The predicted octanol–water partition coefficient (Wildman–Crippen LogP) is 2.89. The summed E-state index contributed by atoms with van der Waals surface area (Å²) < 4.78 is 0.605. The maximum atomic E-state index is 5.02. The number of rotatable bonds is 4. The van der Waals surface area contributed by atoms with Gasteiger partial charge in [0.1, 0.15) is 4.32 Å². The molecular weight excluding hydrogens is 210 g/mol. The van der Waals surface area contributed by atoms with E-state index in [9.17, 15) is 0 Å². The molecule has 1 rings (SSSR count). The van der Waals surface area contributed by atoms with E-state index in [0.717, 1.165) is 13.1 Å². The molecule has 0 unspecified atom stereocenters. The number of nitrogens with zero attached hydrogens (tertiary/aromatic N) is 1. The molecule has 74 valence electrons. The summed E-state index contributed by atoms with van der Waals surface area (Å²) in [5, 5.41) is 0. The van der Waals surface area contributed by atoms with Gasteiger partial charge in [-0.15, -0.1) is 19.2 Å². The minimum absolute atomic E-state index is 0.605. The van der Waals surface area contributed by atoms with Crippen LogP contribution in [0.4, 0.5) is 0 Å². The SMILES string of the molecule is C=CCN(Cc1ccccc1)C(=S)S. The molecule has 0 fully saturated rings. The van der Waals surface area contributed by atoms with Crippen molar-refractivity contribution in [3.63, 3.8) is 0 Å². The normalized spacial score (nSPS) is 9.50. The number of benzene rings is 1. The molecule has 0 heterocycles. The van der Waals surface area contributed by atoms with Crippen molar-refractivity contribution in [2.45, 2.75) is 6.54 Å². The highest BCUT2D eigenvalue weighted by Gasteiger charge is 2.04. The van der Waals surface area contributed by atoms with Crippen molar-refractivity contribution in [1.29, 1.82) is 0 Å². The summed E-state index contributed by atoms with van der Waals surface area (Å²) in [4.78, 5) is 1.99. The fourth-order valence-corrected chi connectivity index (χ4v) is 1.46. The molecular formula is C11H13NS2. The molecule has 0 saturated heterocycles. The third kappa shape index (κ3) is 3.52. The highest BCUT2D eigenvalue weighted by Crippen LogP contribution is 2.06. The quantitative estimate of drug-likeness (QED) is 0.475. The van der Waals surface area contributed by atoms with Gasteiger partial charge in [-0.3, -0.25) is 0 Å². The summed E-state index contributed by atoms with van der Waals surface area (Å²) in [6.45, 7) is 5.21. The van der Waals surface area contributed by atoms with Gasteiger partial charge in [0.25, 0.3) is 0 Å². The van der Waals surface area contributed by atoms with Gasteiger partial charge in [-0.25, -0.2) is 0 Å². The first-order chi connectivity index (χ1) is 6.74. The first-order valence-corrected chi connectivity index (χ1v) is 5.22. The Morgan fingerprint density at radius 3 is 2.57 bits per heavy atom. The second kappa shape index (κ2) is 5.83. The molecule has 1 nitrogen and oxygen atoms in total. The van der Waals surface area contributed by atoms with Crippen LogP contribution in [0.25, 0.3) is 0 Å². The molecule has 1 aromatic rings. The predicted molar refractivity (Wildman–Crippen MR) is 68.6 cm³/mol. The lowest BCUT2D eigenvalue weighted by atomic mass is 10.2. The molecule has 0 aliphatic heterocycles. The second-order valence-electron chi connectivity index (χ2n) is 2.94. The fraction of sp³-hybridized carbons (Fsp3) is 0.182. The second-order valence-corrected chi connectivity index (χ2v) is 4.05. The average Bonchev–Trinajstić information content (AvgIpc) is 2.18. The lowest BCUT2D eigenvalue weighted by molar-refractivity contribution is 0.474. The molecule has 0 N–H and O–H groups in total. The zero-order chi connectivity index (χ0) is 10.4. The van der Waals surface area contributed by atoms with Crippen molar-refractivity contribution in [3.8, 4) is 0 Å². The summed E-state index contributed by atoms with van der Waals surface area (Å²) in [5.74, 6) is 0. The number of hydrogen-bond acceptors (Lipinski definition) is 1. The molecule has 0 spiro atoms. The Morgan fingerprint density at radius 2 is 2.07 bits per heavy atom. The number of hydrogen-bond donors (Lipinski definition) is 1. The molecule has 0 aliphatic rings. The van der Waals surface area contributed by atoms with Gasteiger partial charge < -0.3 is 4.90 Å². The average molecular weight is 223 g/mol. The highest BCUT2D eigenvalue weighted by atomic mass is 32.1. The zero-order valence-corrected chi connectivity index (χ0v) is 9.60. The maximum absolute atomic E-state index is 5.02. The van der Waals surface area contributed by atoms with Crippen molar-refractivity contribution in [2.75, 3.05) is 6.54 Å². The Morgan fingerprint density at radius 1 is 1.43 bits per heavy atom. The lowest BCUT2D eigenvalue weighted by Crippen LogP contribution is -2.25. The van der Waals surface area contributed by atoms with E-state index in [2.05, 4.69) is 31.3 Å². The molecule has 0 aromatic heterocycles. The smallest absolute Gasteiger partial charge is 0.133 e. The van der Waals surface area contributed by atoms with Crippen LogP contribution in [0, 0.1) is 0 Å². The fourth-order valence-electron chi connectivity index (χ4n) is 1.17. The van der Waals surface area contributed by atoms with Crippen molar-refractivity contribution in [2.24, 2.45) is 0 Å². The summed E-state index contributed by atoms with van der Waals surface area (Å²) >= 11 is 9.19. The number of thiol groups is 1. The van der Waals surface area contributed by atoms with Gasteiger partial charge in [0.15, 0.2) is 0 Å². The largest absolute Gasteiger partial charge is 0.350 e.